The van der Waals surface area contributed by atoms with Gasteiger partial charge in [-0.05, 0) is 37.0 Å². The SMILES string of the molecule is Cc1ccc(-c2noc([C@@H](N)CC(C)C)n2)c(Br)c1. The van der Waals surface area contributed by atoms with Crippen molar-refractivity contribution in [3.63, 3.8) is 0 Å². The molecule has 2 rings (SSSR count). The fraction of sp³-hybridized carbons (Fsp3) is 0.429. The lowest BCUT2D eigenvalue weighted by Gasteiger charge is -2.08. The van der Waals surface area contributed by atoms with Crippen LogP contribution < -0.4 is 5.73 Å². The molecule has 2 N–H and O–H groups in total. The van der Waals surface area contributed by atoms with Gasteiger partial charge in [-0.2, -0.15) is 4.98 Å². The molecule has 0 saturated carbocycles. The van der Waals surface area contributed by atoms with Gasteiger partial charge in [-0.15, -0.1) is 0 Å². The van der Waals surface area contributed by atoms with Crippen LogP contribution in [0.1, 0.15) is 37.8 Å². The number of halogens is 1. The van der Waals surface area contributed by atoms with Gasteiger partial charge in [-0.3, -0.25) is 0 Å². The zero-order valence-electron chi connectivity index (χ0n) is 11.4. The summed E-state index contributed by atoms with van der Waals surface area (Å²) < 4.78 is 6.22. The van der Waals surface area contributed by atoms with E-state index in [4.69, 9.17) is 10.3 Å². The van der Waals surface area contributed by atoms with E-state index in [0.717, 1.165) is 16.5 Å². The highest BCUT2D eigenvalue weighted by molar-refractivity contribution is 9.10. The lowest BCUT2D eigenvalue weighted by Crippen LogP contribution is -2.13. The summed E-state index contributed by atoms with van der Waals surface area (Å²) in [6, 6.07) is 5.82. The summed E-state index contributed by atoms with van der Waals surface area (Å²) in [5.74, 6) is 1.56. The molecule has 19 heavy (non-hydrogen) atoms. The second-order valence-electron chi connectivity index (χ2n) is 5.18. The molecule has 0 aliphatic carbocycles. The average Bonchev–Trinajstić information content (AvgIpc) is 2.77. The summed E-state index contributed by atoms with van der Waals surface area (Å²) >= 11 is 3.52. The standard InChI is InChI=1S/C14H18BrN3O/c1-8(2)6-12(16)14-17-13(18-19-14)10-5-4-9(3)7-11(10)15/h4-5,7-8,12H,6,16H2,1-3H3/t12-/m0/s1. The van der Waals surface area contributed by atoms with Crippen LogP contribution in [0.2, 0.25) is 0 Å². The summed E-state index contributed by atoms with van der Waals surface area (Å²) in [6.45, 7) is 6.27. The van der Waals surface area contributed by atoms with Crippen molar-refractivity contribution in [1.82, 2.24) is 10.1 Å². The molecular formula is C14H18BrN3O. The molecule has 0 aliphatic rings. The first-order chi connectivity index (χ1) is 8.97. The predicted octanol–water partition coefficient (Wildman–Crippen LogP) is 3.85. The van der Waals surface area contributed by atoms with Gasteiger partial charge < -0.3 is 10.3 Å². The Labute approximate surface area is 121 Å². The van der Waals surface area contributed by atoms with Crippen molar-refractivity contribution in [2.75, 3.05) is 0 Å². The molecule has 1 aromatic carbocycles. The molecule has 0 amide bonds. The summed E-state index contributed by atoms with van der Waals surface area (Å²) in [5, 5.41) is 4.01. The third kappa shape index (κ3) is 3.42. The predicted molar refractivity (Wildman–Crippen MR) is 78.6 cm³/mol. The van der Waals surface area contributed by atoms with Crippen molar-refractivity contribution in [1.29, 1.82) is 0 Å². The van der Waals surface area contributed by atoms with Gasteiger partial charge in [-0.1, -0.05) is 41.0 Å². The van der Waals surface area contributed by atoms with Gasteiger partial charge in [0.25, 0.3) is 0 Å². The van der Waals surface area contributed by atoms with Gasteiger partial charge in [0.05, 0.1) is 6.04 Å². The Morgan fingerprint density at radius 2 is 2.11 bits per heavy atom. The van der Waals surface area contributed by atoms with E-state index in [-0.39, 0.29) is 6.04 Å². The molecule has 0 aliphatic heterocycles. The quantitative estimate of drug-likeness (QED) is 0.927. The first-order valence-electron chi connectivity index (χ1n) is 6.33. The number of nitrogens with zero attached hydrogens (tertiary/aromatic N) is 2. The van der Waals surface area contributed by atoms with Crippen LogP contribution in [0.4, 0.5) is 0 Å². The van der Waals surface area contributed by atoms with Crippen molar-refractivity contribution in [2.24, 2.45) is 11.7 Å². The van der Waals surface area contributed by atoms with E-state index < -0.39 is 0 Å². The number of hydrogen-bond donors (Lipinski definition) is 1. The minimum atomic E-state index is -0.203. The third-order valence-corrected chi connectivity index (χ3v) is 3.51. The molecular weight excluding hydrogens is 306 g/mol. The Bertz CT molecular complexity index is 566. The fourth-order valence-electron chi connectivity index (χ4n) is 1.91. The van der Waals surface area contributed by atoms with Crippen molar-refractivity contribution >= 4 is 15.9 Å². The number of nitrogens with two attached hydrogens (primary N) is 1. The molecule has 2 aromatic rings. The van der Waals surface area contributed by atoms with Crippen molar-refractivity contribution in [3.8, 4) is 11.4 Å². The summed E-state index contributed by atoms with van der Waals surface area (Å²) in [4.78, 5) is 4.39. The van der Waals surface area contributed by atoms with E-state index in [1.54, 1.807) is 0 Å². The smallest absolute Gasteiger partial charge is 0.243 e. The monoisotopic (exact) mass is 323 g/mol. The molecule has 0 unspecified atom stereocenters. The van der Waals surface area contributed by atoms with E-state index in [9.17, 15) is 0 Å². The van der Waals surface area contributed by atoms with E-state index in [1.165, 1.54) is 5.56 Å². The zero-order valence-corrected chi connectivity index (χ0v) is 12.9. The van der Waals surface area contributed by atoms with Crippen LogP contribution in [0, 0.1) is 12.8 Å². The Hall–Kier alpha value is -1.20. The first kappa shape index (κ1) is 14.2. The highest BCUT2D eigenvalue weighted by atomic mass is 79.9. The summed E-state index contributed by atoms with van der Waals surface area (Å²) in [6.07, 6.45) is 0.830. The number of rotatable bonds is 4. The molecule has 1 atom stereocenters. The van der Waals surface area contributed by atoms with E-state index in [2.05, 4.69) is 39.9 Å². The minimum Gasteiger partial charge on any atom is -0.337 e. The number of aromatic nitrogens is 2. The van der Waals surface area contributed by atoms with Gasteiger partial charge in [0.2, 0.25) is 11.7 Å². The van der Waals surface area contributed by atoms with E-state index in [1.807, 2.05) is 25.1 Å². The Morgan fingerprint density at radius 1 is 1.37 bits per heavy atom. The third-order valence-electron chi connectivity index (χ3n) is 2.85. The maximum absolute atomic E-state index is 6.04. The van der Waals surface area contributed by atoms with Crippen LogP contribution in [0.25, 0.3) is 11.4 Å². The van der Waals surface area contributed by atoms with Crippen LogP contribution in [0.3, 0.4) is 0 Å². The van der Waals surface area contributed by atoms with Gasteiger partial charge in [0.1, 0.15) is 0 Å². The minimum absolute atomic E-state index is 0.203. The van der Waals surface area contributed by atoms with E-state index in [0.29, 0.717) is 17.6 Å². The van der Waals surface area contributed by atoms with Crippen LogP contribution >= 0.6 is 15.9 Å². The van der Waals surface area contributed by atoms with Crippen molar-refractivity contribution < 1.29 is 4.52 Å². The largest absolute Gasteiger partial charge is 0.337 e. The summed E-state index contributed by atoms with van der Waals surface area (Å²) in [7, 11) is 0. The molecule has 0 radical (unpaired) electrons. The number of aryl methyl sites for hydroxylation is 1. The fourth-order valence-corrected chi connectivity index (χ4v) is 2.58. The van der Waals surface area contributed by atoms with Crippen molar-refractivity contribution in [2.45, 2.75) is 33.2 Å². The van der Waals surface area contributed by atoms with Crippen molar-refractivity contribution in [3.05, 3.63) is 34.1 Å². The number of hydrogen-bond acceptors (Lipinski definition) is 4. The van der Waals surface area contributed by atoms with E-state index >= 15 is 0 Å². The average molecular weight is 324 g/mol. The highest BCUT2D eigenvalue weighted by Gasteiger charge is 2.17. The lowest BCUT2D eigenvalue weighted by molar-refractivity contribution is 0.335. The summed E-state index contributed by atoms with van der Waals surface area (Å²) in [5.41, 5.74) is 8.13. The Kier molecular flexibility index (Phi) is 4.37. The normalized spacial score (nSPS) is 12.9. The molecule has 0 spiro atoms. The van der Waals surface area contributed by atoms with Gasteiger partial charge in [-0.25, -0.2) is 0 Å². The molecule has 1 heterocycles. The number of benzene rings is 1. The van der Waals surface area contributed by atoms with Crippen LogP contribution in [0.15, 0.2) is 27.2 Å². The van der Waals surface area contributed by atoms with Gasteiger partial charge in [0, 0.05) is 10.0 Å². The Balaban J connectivity index is 2.25. The molecule has 0 saturated heterocycles. The Morgan fingerprint density at radius 3 is 2.74 bits per heavy atom. The lowest BCUT2D eigenvalue weighted by atomic mass is 10.0. The van der Waals surface area contributed by atoms with Gasteiger partial charge >= 0.3 is 0 Å². The van der Waals surface area contributed by atoms with Crippen LogP contribution in [-0.4, -0.2) is 10.1 Å². The highest BCUT2D eigenvalue weighted by Crippen LogP contribution is 2.28. The molecule has 5 heteroatoms. The maximum Gasteiger partial charge on any atom is 0.243 e. The molecule has 0 fully saturated rings. The van der Waals surface area contributed by atoms with Gasteiger partial charge in [0.15, 0.2) is 0 Å². The molecule has 1 aromatic heterocycles. The topological polar surface area (TPSA) is 64.9 Å². The molecule has 4 nitrogen and oxygen atoms in total. The first-order valence-corrected chi connectivity index (χ1v) is 7.12. The molecule has 0 bridgehead atoms. The maximum atomic E-state index is 6.04. The van der Waals surface area contributed by atoms with Crippen LogP contribution in [0.5, 0.6) is 0 Å². The second-order valence-corrected chi connectivity index (χ2v) is 6.03. The second kappa shape index (κ2) is 5.84. The molecule has 102 valence electrons. The zero-order chi connectivity index (χ0) is 14.0. The van der Waals surface area contributed by atoms with Crippen LogP contribution in [-0.2, 0) is 0 Å².